The van der Waals surface area contributed by atoms with E-state index in [1.54, 1.807) is 26.3 Å². The molecular weight excluding hydrogens is 391 g/mol. The van der Waals surface area contributed by atoms with Gasteiger partial charge >= 0.3 is 0 Å². The Morgan fingerprint density at radius 2 is 1.90 bits per heavy atom. The summed E-state index contributed by atoms with van der Waals surface area (Å²) in [4.78, 5) is 8.85. The van der Waals surface area contributed by atoms with E-state index in [-0.39, 0.29) is 5.56 Å². The molecule has 0 bridgehead atoms. The van der Waals surface area contributed by atoms with Gasteiger partial charge in [0.05, 0.1) is 15.9 Å². The lowest BCUT2D eigenvalue weighted by molar-refractivity contribution is 0.151. The molecule has 112 valence electrons. The van der Waals surface area contributed by atoms with Crippen LogP contribution in [-0.4, -0.2) is 24.1 Å². The summed E-state index contributed by atoms with van der Waals surface area (Å²) in [6, 6.07) is 5.96. The Morgan fingerprint density at radius 1 is 1.24 bits per heavy atom. The molecule has 21 heavy (non-hydrogen) atoms. The Kier molecular flexibility index (Phi) is 5.40. The fraction of sp³-hybridized carbons (Fsp3) is 0.286. The minimum atomic E-state index is -2.48. The molecule has 0 spiro atoms. The maximum atomic E-state index is 12.6. The summed E-state index contributed by atoms with van der Waals surface area (Å²) in [7, 11) is 3.36. The molecule has 0 aliphatic carbocycles. The van der Waals surface area contributed by atoms with Crippen LogP contribution < -0.4 is 5.32 Å². The van der Waals surface area contributed by atoms with Gasteiger partial charge in [0.15, 0.2) is 5.82 Å². The van der Waals surface area contributed by atoms with Crippen LogP contribution in [0.25, 0.3) is 11.4 Å². The zero-order chi connectivity index (χ0) is 15.4. The lowest BCUT2D eigenvalue weighted by Gasteiger charge is -2.11. The summed E-state index contributed by atoms with van der Waals surface area (Å²) < 4.78 is 31.2. The lowest BCUT2D eigenvalue weighted by atomic mass is 10.1. The molecule has 4 nitrogen and oxygen atoms in total. The first-order valence-corrected chi connectivity index (χ1v) is 7.26. The summed E-state index contributed by atoms with van der Waals surface area (Å²) in [6.07, 6.45) is -2.48. The molecule has 0 saturated heterocycles. The first kappa shape index (κ1) is 16.0. The van der Waals surface area contributed by atoms with Gasteiger partial charge in [-0.05, 0) is 22.6 Å². The smallest absolute Gasteiger partial charge is 0.263 e. The van der Waals surface area contributed by atoms with Crippen molar-refractivity contribution in [3.8, 4) is 11.4 Å². The van der Waals surface area contributed by atoms with Crippen molar-refractivity contribution >= 4 is 28.4 Å². The molecule has 0 radical (unpaired) electrons. The fourth-order valence-corrected chi connectivity index (χ4v) is 2.46. The monoisotopic (exact) mass is 405 g/mol. The molecule has 2 aromatic rings. The van der Waals surface area contributed by atoms with Gasteiger partial charge in [0.2, 0.25) is 0 Å². The minimum Gasteiger partial charge on any atom is -0.378 e. The second-order valence-electron chi connectivity index (χ2n) is 4.26. The number of halogens is 3. The first-order chi connectivity index (χ1) is 10.1. The minimum absolute atomic E-state index is 0.0183. The first-order valence-electron chi connectivity index (χ1n) is 6.18. The molecule has 0 aliphatic rings. The average Bonchev–Trinajstić information content (AvgIpc) is 2.49. The molecule has 2 rings (SSSR count). The highest BCUT2D eigenvalue weighted by Gasteiger charge is 2.13. The molecule has 1 aromatic heterocycles. The SMILES string of the molecule is CNc1nc(-c2ccc(C(F)F)cc2)nc(COC)c1I. The quantitative estimate of drug-likeness (QED) is 0.768. The molecule has 1 aromatic carbocycles. The molecular formula is C14H14F2IN3O. The number of ether oxygens (including phenoxy) is 1. The normalized spacial score (nSPS) is 11.0. The molecule has 0 atom stereocenters. The Bertz CT molecular complexity index is 620. The predicted octanol–water partition coefficient (Wildman–Crippen LogP) is 3.87. The second-order valence-corrected chi connectivity index (χ2v) is 5.34. The van der Waals surface area contributed by atoms with E-state index in [4.69, 9.17) is 4.74 Å². The Labute approximate surface area is 135 Å². The Hall–Kier alpha value is -1.35. The van der Waals surface area contributed by atoms with E-state index in [0.717, 1.165) is 9.26 Å². The van der Waals surface area contributed by atoms with Crippen LogP contribution >= 0.6 is 22.6 Å². The van der Waals surface area contributed by atoms with Crippen molar-refractivity contribution in [2.75, 3.05) is 19.5 Å². The van der Waals surface area contributed by atoms with Crippen molar-refractivity contribution < 1.29 is 13.5 Å². The van der Waals surface area contributed by atoms with Crippen LogP contribution in [0, 0.1) is 3.57 Å². The zero-order valence-electron chi connectivity index (χ0n) is 11.5. The molecule has 1 N–H and O–H groups in total. The third-order valence-electron chi connectivity index (χ3n) is 2.86. The van der Waals surface area contributed by atoms with E-state index < -0.39 is 6.43 Å². The fourth-order valence-electron chi connectivity index (χ4n) is 1.80. The van der Waals surface area contributed by atoms with Gasteiger partial charge in [-0.3, -0.25) is 0 Å². The van der Waals surface area contributed by atoms with Gasteiger partial charge in [0.1, 0.15) is 5.82 Å². The largest absolute Gasteiger partial charge is 0.378 e. The summed E-state index contributed by atoms with van der Waals surface area (Å²) in [5.41, 5.74) is 1.42. The maximum Gasteiger partial charge on any atom is 0.263 e. The van der Waals surface area contributed by atoms with Gasteiger partial charge in [0, 0.05) is 25.3 Å². The van der Waals surface area contributed by atoms with Gasteiger partial charge in [-0.1, -0.05) is 24.3 Å². The van der Waals surface area contributed by atoms with Crippen molar-refractivity contribution in [2.45, 2.75) is 13.0 Å². The number of methoxy groups -OCH3 is 1. The second kappa shape index (κ2) is 7.08. The van der Waals surface area contributed by atoms with Gasteiger partial charge in [-0.2, -0.15) is 0 Å². The van der Waals surface area contributed by atoms with Crippen LogP contribution in [0.3, 0.4) is 0 Å². The van der Waals surface area contributed by atoms with Crippen LogP contribution in [0.1, 0.15) is 17.7 Å². The molecule has 1 heterocycles. The number of anilines is 1. The van der Waals surface area contributed by atoms with Gasteiger partial charge in [0.25, 0.3) is 6.43 Å². The van der Waals surface area contributed by atoms with Crippen molar-refractivity contribution in [1.82, 2.24) is 9.97 Å². The zero-order valence-corrected chi connectivity index (χ0v) is 13.7. The highest BCUT2D eigenvalue weighted by atomic mass is 127. The van der Waals surface area contributed by atoms with E-state index in [2.05, 4.69) is 37.9 Å². The van der Waals surface area contributed by atoms with Crippen LogP contribution in [0.2, 0.25) is 0 Å². The van der Waals surface area contributed by atoms with Crippen molar-refractivity contribution in [3.63, 3.8) is 0 Å². The van der Waals surface area contributed by atoms with Crippen LogP contribution in [0.15, 0.2) is 24.3 Å². The maximum absolute atomic E-state index is 12.6. The standard InChI is InChI=1S/C14H14F2IN3O/c1-18-14-11(17)10(7-21-2)19-13(20-14)9-5-3-8(4-6-9)12(15)16/h3-6,12H,7H2,1-2H3,(H,18,19,20). The average molecular weight is 405 g/mol. The summed E-state index contributed by atoms with van der Waals surface area (Å²) in [5, 5.41) is 3.00. The molecule has 0 unspecified atom stereocenters. The Balaban J connectivity index is 2.45. The van der Waals surface area contributed by atoms with E-state index in [0.29, 0.717) is 23.8 Å². The number of hydrogen-bond acceptors (Lipinski definition) is 4. The third kappa shape index (κ3) is 3.65. The molecule has 0 amide bonds. The number of aromatic nitrogens is 2. The van der Waals surface area contributed by atoms with E-state index >= 15 is 0 Å². The predicted molar refractivity (Wildman–Crippen MR) is 85.4 cm³/mol. The van der Waals surface area contributed by atoms with E-state index in [9.17, 15) is 8.78 Å². The molecule has 0 aliphatic heterocycles. The number of rotatable bonds is 5. The Morgan fingerprint density at radius 3 is 2.43 bits per heavy atom. The van der Waals surface area contributed by atoms with Crippen LogP contribution in [0.5, 0.6) is 0 Å². The number of hydrogen-bond donors (Lipinski definition) is 1. The number of benzene rings is 1. The number of nitrogens with zero attached hydrogens (tertiary/aromatic N) is 2. The van der Waals surface area contributed by atoms with Crippen molar-refractivity contribution in [1.29, 1.82) is 0 Å². The molecule has 0 fully saturated rings. The van der Waals surface area contributed by atoms with Crippen LogP contribution in [-0.2, 0) is 11.3 Å². The lowest BCUT2D eigenvalue weighted by Crippen LogP contribution is -2.06. The summed E-state index contributed by atoms with van der Waals surface area (Å²) in [6.45, 7) is 0.359. The summed E-state index contributed by atoms with van der Waals surface area (Å²) in [5.74, 6) is 1.17. The van der Waals surface area contributed by atoms with Gasteiger partial charge < -0.3 is 10.1 Å². The number of nitrogens with one attached hydrogen (secondary N) is 1. The highest BCUT2D eigenvalue weighted by Crippen LogP contribution is 2.26. The van der Waals surface area contributed by atoms with Crippen LogP contribution in [0.4, 0.5) is 14.6 Å². The molecule has 7 heteroatoms. The third-order valence-corrected chi connectivity index (χ3v) is 3.99. The van der Waals surface area contributed by atoms with Crippen molar-refractivity contribution in [3.05, 3.63) is 39.1 Å². The van der Waals surface area contributed by atoms with Crippen molar-refractivity contribution in [2.24, 2.45) is 0 Å². The van der Waals surface area contributed by atoms with E-state index in [1.807, 2.05) is 0 Å². The number of alkyl halides is 2. The molecule has 0 saturated carbocycles. The van der Waals surface area contributed by atoms with Gasteiger partial charge in [-0.25, -0.2) is 18.7 Å². The summed E-state index contributed by atoms with van der Waals surface area (Å²) >= 11 is 2.15. The topological polar surface area (TPSA) is 47.0 Å². The van der Waals surface area contributed by atoms with Gasteiger partial charge in [-0.15, -0.1) is 0 Å². The highest BCUT2D eigenvalue weighted by molar-refractivity contribution is 14.1. The van der Waals surface area contributed by atoms with E-state index in [1.165, 1.54) is 12.1 Å².